The highest BCUT2D eigenvalue weighted by Gasteiger charge is 2.23. The van der Waals surface area contributed by atoms with Crippen molar-refractivity contribution < 1.29 is 0 Å². The Bertz CT molecular complexity index is 1020. The zero-order valence-corrected chi connectivity index (χ0v) is 15.4. The first-order chi connectivity index (χ1) is 13.4. The number of H-pyrrole nitrogens is 1. The van der Waals surface area contributed by atoms with E-state index in [0.717, 1.165) is 25.3 Å². The quantitative estimate of drug-likeness (QED) is 0.574. The Morgan fingerprint density at radius 1 is 0.963 bits per heavy atom. The number of pyridine rings is 1. The summed E-state index contributed by atoms with van der Waals surface area (Å²) < 4.78 is 2.37. The Kier molecular flexibility index (Phi) is 4.26. The predicted molar refractivity (Wildman–Crippen MR) is 109 cm³/mol. The number of hydrogen-bond donors (Lipinski definition) is 1. The number of benzene rings is 1. The Labute approximate surface area is 159 Å². The largest absolute Gasteiger partial charge is 0.359 e. The highest BCUT2D eigenvalue weighted by atomic mass is 15.1. The average Bonchev–Trinajstić information content (AvgIpc) is 3.36. The second-order valence-corrected chi connectivity index (χ2v) is 7.39. The van der Waals surface area contributed by atoms with Gasteiger partial charge in [0.25, 0.3) is 0 Å². The highest BCUT2D eigenvalue weighted by Crippen LogP contribution is 2.32. The van der Waals surface area contributed by atoms with Crippen LogP contribution in [0.1, 0.15) is 30.1 Å². The van der Waals surface area contributed by atoms with Crippen molar-refractivity contribution in [3.05, 3.63) is 84.6 Å². The lowest BCUT2D eigenvalue weighted by atomic mass is 9.93. The fourth-order valence-corrected chi connectivity index (χ4v) is 4.31. The summed E-state index contributed by atoms with van der Waals surface area (Å²) in [4.78, 5) is 10.4. The van der Waals surface area contributed by atoms with Gasteiger partial charge in [-0.2, -0.15) is 0 Å². The lowest BCUT2D eigenvalue weighted by Crippen LogP contribution is -2.33. The minimum absolute atomic E-state index is 0.605. The fourth-order valence-electron chi connectivity index (χ4n) is 4.31. The molecule has 0 aliphatic carbocycles. The van der Waals surface area contributed by atoms with Crippen LogP contribution in [0.15, 0.2) is 73.2 Å². The maximum absolute atomic E-state index is 4.47. The second kappa shape index (κ2) is 7.05. The summed E-state index contributed by atoms with van der Waals surface area (Å²) in [6.07, 6.45) is 8.60. The van der Waals surface area contributed by atoms with Gasteiger partial charge in [0.15, 0.2) is 0 Å². The average molecular weight is 356 g/mol. The molecule has 0 saturated carbocycles. The van der Waals surface area contributed by atoms with Crippen LogP contribution >= 0.6 is 0 Å². The van der Waals surface area contributed by atoms with Gasteiger partial charge in [0.2, 0.25) is 0 Å². The van der Waals surface area contributed by atoms with Crippen LogP contribution < -0.4 is 0 Å². The molecular formula is C23H24N4. The van der Waals surface area contributed by atoms with Crippen molar-refractivity contribution in [1.29, 1.82) is 0 Å². The molecule has 27 heavy (non-hydrogen) atoms. The Morgan fingerprint density at radius 3 is 2.67 bits per heavy atom. The number of aromatic amines is 1. The molecule has 0 amide bonds. The third kappa shape index (κ3) is 3.17. The van der Waals surface area contributed by atoms with Crippen molar-refractivity contribution in [2.24, 2.45) is 0 Å². The standard InChI is InChI=1S/C23H24N4/c1-2-8-21-20(7-1)23(16-25-21)27-13-5-9-22(27)18-10-14-26(15-11-18)17-19-6-3-4-12-24-19/h1-9,12-13,16,18,25H,10-11,14-15,17H2. The van der Waals surface area contributed by atoms with Gasteiger partial charge in [0, 0.05) is 47.7 Å². The molecule has 0 unspecified atom stereocenters. The topological polar surface area (TPSA) is 36.9 Å². The lowest BCUT2D eigenvalue weighted by molar-refractivity contribution is 0.200. The molecule has 1 aromatic carbocycles. The number of para-hydroxylation sites is 1. The number of rotatable bonds is 4. The van der Waals surface area contributed by atoms with Gasteiger partial charge in [0.05, 0.1) is 11.4 Å². The molecule has 4 aromatic rings. The molecule has 4 nitrogen and oxygen atoms in total. The van der Waals surface area contributed by atoms with Gasteiger partial charge in [-0.05, 0) is 56.3 Å². The SMILES string of the molecule is c1ccc(CN2CCC(c3cccn3-c3c[nH]c4ccccc34)CC2)nc1. The molecule has 3 aromatic heterocycles. The number of nitrogens with one attached hydrogen (secondary N) is 1. The third-order valence-corrected chi connectivity index (χ3v) is 5.72. The highest BCUT2D eigenvalue weighted by molar-refractivity contribution is 5.88. The maximum atomic E-state index is 4.47. The smallest absolute Gasteiger partial charge is 0.0707 e. The number of likely N-dealkylation sites (tertiary alicyclic amines) is 1. The summed E-state index contributed by atoms with van der Waals surface area (Å²) in [7, 11) is 0. The van der Waals surface area contributed by atoms with Crippen LogP contribution in [0.5, 0.6) is 0 Å². The van der Waals surface area contributed by atoms with E-state index >= 15 is 0 Å². The van der Waals surface area contributed by atoms with E-state index in [2.05, 4.69) is 80.4 Å². The Hall–Kier alpha value is -2.85. The van der Waals surface area contributed by atoms with E-state index in [1.54, 1.807) is 0 Å². The summed E-state index contributed by atoms with van der Waals surface area (Å²) in [6, 6.07) is 19.2. The molecule has 1 aliphatic heterocycles. The Morgan fingerprint density at radius 2 is 1.81 bits per heavy atom. The lowest BCUT2D eigenvalue weighted by Gasteiger charge is -2.32. The molecule has 0 spiro atoms. The first-order valence-electron chi connectivity index (χ1n) is 9.74. The van der Waals surface area contributed by atoms with Gasteiger partial charge in [0.1, 0.15) is 0 Å². The molecule has 0 bridgehead atoms. The Balaban J connectivity index is 1.33. The minimum atomic E-state index is 0.605. The van der Waals surface area contributed by atoms with E-state index in [4.69, 9.17) is 0 Å². The maximum Gasteiger partial charge on any atom is 0.0707 e. The molecule has 4 heteroatoms. The first-order valence-corrected chi connectivity index (χ1v) is 9.74. The number of fused-ring (bicyclic) bond motifs is 1. The van der Waals surface area contributed by atoms with E-state index in [-0.39, 0.29) is 0 Å². The van der Waals surface area contributed by atoms with E-state index in [1.807, 2.05) is 12.3 Å². The summed E-state index contributed by atoms with van der Waals surface area (Å²) >= 11 is 0. The number of aromatic nitrogens is 3. The van der Waals surface area contributed by atoms with Crippen LogP contribution in [0.4, 0.5) is 0 Å². The van der Waals surface area contributed by atoms with E-state index < -0.39 is 0 Å². The van der Waals surface area contributed by atoms with Crippen molar-refractivity contribution in [3.8, 4) is 5.69 Å². The van der Waals surface area contributed by atoms with Crippen LogP contribution in [-0.4, -0.2) is 32.5 Å². The van der Waals surface area contributed by atoms with Gasteiger partial charge in [-0.3, -0.25) is 9.88 Å². The van der Waals surface area contributed by atoms with Gasteiger partial charge in [-0.25, -0.2) is 0 Å². The van der Waals surface area contributed by atoms with Crippen molar-refractivity contribution in [3.63, 3.8) is 0 Å². The normalized spacial score (nSPS) is 16.1. The molecular weight excluding hydrogens is 332 g/mol. The molecule has 0 radical (unpaired) electrons. The number of hydrogen-bond acceptors (Lipinski definition) is 2. The molecule has 1 aliphatic rings. The van der Waals surface area contributed by atoms with Crippen molar-refractivity contribution in [2.45, 2.75) is 25.3 Å². The van der Waals surface area contributed by atoms with Gasteiger partial charge >= 0.3 is 0 Å². The van der Waals surface area contributed by atoms with Crippen molar-refractivity contribution in [1.82, 2.24) is 19.4 Å². The summed E-state index contributed by atoms with van der Waals surface area (Å²) in [5, 5.41) is 1.28. The first kappa shape index (κ1) is 16.3. The van der Waals surface area contributed by atoms with Gasteiger partial charge in [-0.15, -0.1) is 0 Å². The van der Waals surface area contributed by atoms with E-state index in [1.165, 1.54) is 35.1 Å². The van der Waals surface area contributed by atoms with Crippen molar-refractivity contribution >= 4 is 10.9 Å². The van der Waals surface area contributed by atoms with Crippen LogP contribution in [-0.2, 0) is 6.54 Å². The molecule has 136 valence electrons. The van der Waals surface area contributed by atoms with Crippen LogP contribution in [0.3, 0.4) is 0 Å². The van der Waals surface area contributed by atoms with Crippen LogP contribution in [0.25, 0.3) is 16.6 Å². The molecule has 5 rings (SSSR count). The van der Waals surface area contributed by atoms with Crippen LogP contribution in [0, 0.1) is 0 Å². The molecule has 4 heterocycles. The predicted octanol–water partition coefficient (Wildman–Crippen LogP) is 4.73. The van der Waals surface area contributed by atoms with E-state index in [0.29, 0.717) is 5.92 Å². The second-order valence-electron chi connectivity index (χ2n) is 7.39. The third-order valence-electron chi connectivity index (χ3n) is 5.72. The zero-order valence-electron chi connectivity index (χ0n) is 15.4. The van der Waals surface area contributed by atoms with Gasteiger partial charge < -0.3 is 9.55 Å². The molecule has 0 atom stereocenters. The summed E-state index contributed by atoms with van der Waals surface area (Å²) in [5.41, 5.74) is 5.04. The van der Waals surface area contributed by atoms with Crippen molar-refractivity contribution in [2.75, 3.05) is 13.1 Å². The zero-order chi connectivity index (χ0) is 18.1. The summed E-state index contributed by atoms with van der Waals surface area (Å²) in [6.45, 7) is 3.21. The number of nitrogens with zero attached hydrogens (tertiary/aromatic N) is 3. The van der Waals surface area contributed by atoms with Gasteiger partial charge in [-0.1, -0.05) is 24.3 Å². The molecule has 1 saturated heterocycles. The van der Waals surface area contributed by atoms with Crippen LogP contribution in [0.2, 0.25) is 0 Å². The molecule has 1 fully saturated rings. The monoisotopic (exact) mass is 356 g/mol. The molecule has 1 N–H and O–H groups in total. The summed E-state index contributed by atoms with van der Waals surface area (Å²) in [5.74, 6) is 0.605. The fraction of sp³-hybridized carbons (Fsp3) is 0.261. The number of piperidine rings is 1. The minimum Gasteiger partial charge on any atom is -0.359 e. The van der Waals surface area contributed by atoms with E-state index in [9.17, 15) is 0 Å².